The van der Waals surface area contributed by atoms with E-state index in [9.17, 15) is 9.90 Å². The van der Waals surface area contributed by atoms with Crippen molar-refractivity contribution in [3.05, 3.63) is 0 Å². The second kappa shape index (κ2) is 6.39. The zero-order chi connectivity index (χ0) is 12.1. The lowest BCUT2D eigenvalue weighted by Gasteiger charge is -2.21. The van der Waals surface area contributed by atoms with Gasteiger partial charge in [0.15, 0.2) is 0 Å². The predicted octanol–water partition coefficient (Wildman–Crippen LogP) is 2.23. The molecule has 2 aliphatic rings. The number of hydrogen-bond acceptors (Lipinski definition) is 2. The van der Waals surface area contributed by atoms with E-state index < -0.39 is 0 Å². The standard InChI is InChI=1S/C14H25NO2/c16-13(12-7-8-12)10-15-14(17)9-6-11-4-2-1-3-5-11/h11-13,16H,1-10H2,(H,15,17). The van der Waals surface area contributed by atoms with E-state index in [4.69, 9.17) is 0 Å². The van der Waals surface area contributed by atoms with Gasteiger partial charge in [-0.2, -0.15) is 0 Å². The first kappa shape index (κ1) is 12.9. The summed E-state index contributed by atoms with van der Waals surface area (Å²) in [6.07, 6.45) is 10.3. The van der Waals surface area contributed by atoms with Crippen molar-refractivity contribution in [3.8, 4) is 0 Å². The fourth-order valence-electron chi connectivity index (χ4n) is 2.77. The Morgan fingerprint density at radius 3 is 2.53 bits per heavy atom. The lowest BCUT2D eigenvalue weighted by atomic mass is 9.86. The zero-order valence-corrected chi connectivity index (χ0v) is 10.7. The third-order valence-electron chi connectivity index (χ3n) is 4.18. The number of aliphatic hydroxyl groups is 1. The van der Waals surface area contributed by atoms with Crippen molar-refractivity contribution in [3.63, 3.8) is 0 Å². The van der Waals surface area contributed by atoms with Crippen LogP contribution >= 0.6 is 0 Å². The molecule has 2 saturated carbocycles. The van der Waals surface area contributed by atoms with Gasteiger partial charge in [-0.15, -0.1) is 0 Å². The van der Waals surface area contributed by atoms with Crippen molar-refractivity contribution in [2.24, 2.45) is 11.8 Å². The number of carbonyl (C=O) groups is 1. The number of amides is 1. The highest BCUT2D eigenvalue weighted by Gasteiger charge is 2.29. The zero-order valence-electron chi connectivity index (χ0n) is 10.7. The van der Waals surface area contributed by atoms with Gasteiger partial charge < -0.3 is 10.4 Å². The van der Waals surface area contributed by atoms with Crippen molar-refractivity contribution < 1.29 is 9.90 Å². The first-order valence-electron chi connectivity index (χ1n) is 7.20. The van der Waals surface area contributed by atoms with Crippen molar-refractivity contribution in [1.82, 2.24) is 5.32 Å². The lowest BCUT2D eigenvalue weighted by molar-refractivity contribution is -0.122. The molecular formula is C14H25NO2. The van der Waals surface area contributed by atoms with Crippen LogP contribution in [0, 0.1) is 11.8 Å². The highest BCUT2D eigenvalue weighted by molar-refractivity contribution is 5.75. The molecule has 2 fully saturated rings. The summed E-state index contributed by atoms with van der Waals surface area (Å²) in [4.78, 5) is 11.6. The number of aliphatic hydroxyl groups excluding tert-OH is 1. The largest absolute Gasteiger partial charge is 0.391 e. The van der Waals surface area contributed by atoms with Gasteiger partial charge >= 0.3 is 0 Å². The maximum absolute atomic E-state index is 11.6. The quantitative estimate of drug-likeness (QED) is 0.747. The molecule has 2 N–H and O–H groups in total. The van der Waals surface area contributed by atoms with Gasteiger partial charge in [0.1, 0.15) is 0 Å². The molecule has 98 valence electrons. The van der Waals surface area contributed by atoms with Crippen molar-refractivity contribution in [1.29, 1.82) is 0 Å². The minimum absolute atomic E-state index is 0.121. The smallest absolute Gasteiger partial charge is 0.220 e. The molecule has 0 aromatic carbocycles. The fraction of sp³-hybridized carbons (Fsp3) is 0.929. The molecule has 0 aliphatic heterocycles. The third-order valence-corrected chi connectivity index (χ3v) is 4.18. The minimum Gasteiger partial charge on any atom is -0.391 e. The molecule has 0 spiro atoms. The molecule has 0 aromatic heterocycles. The Morgan fingerprint density at radius 2 is 1.88 bits per heavy atom. The van der Waals surface area contributed by atoms with Gasteiger partial charge in [0.2, 0.25) is 5.91 Å². The fourth-order valence-corrected chi connectivity index (χ4v) is 2.77. The van der Waals surface area contributed by atoms with Gasteiger partial charge in [-0.1, -0.05) is 32.1 Å². The monoisotopic (exact) mass is 239 g/mol. The van der Waals surface area contributed by atoms with E-state index in [1.165, 1.54) is 32.1 Å². The van der Waals surface area contributed by atoms with Crippen LogP contribution in [0.5, 0.6) is 0 Å². The first-order valence-corrected chi connectivity index (χ1v) is 7.20. The Morgan fingerprint density at radius 1 is 1.18 bits per heavy atom. The van der Waals surface area contributed by atoms with E-state index in [-0.39, 0.29) is 12.0 Å². The van der Waals surface area contributed by atoms with Gasteiger partial charge in [-0.3, -0.25) is 4.79 Å². The molecule has 0 radical (unpaired) electrons. The number of hydrogen-bond donors (Lipinski definition) is 2. The topological polar surface area (TPSA) is 49.3 Å². The molecule has 0 heterocycles. The molecule has 2 aliphatic carbocycles. The van der Waals surface area contributed by atoms with Crippen molar-refractivity contribution in [2.75, 3.05) is 6.54 Å². The van der Waals surface area contributed by atoms with Crippen LogP contribution in [-0.2, 0) is 4.79 Å². The third kappa shape index (κ3) is 4.66. The molecule has 17 heavy (non-hydrogen) atoms. The van der Waals surface area contributed by atoms with Crippen LogP contribution in [0.1, 0.15) is 57.8 Å². The molecule has 2 rings (SSSR count). The summed E-state index contributed by atoms with van der Waals surface area (Å²) >= 11 is 0. The highest BCUT2D eigenvalue weighted by Crippen LogP contribution is 2.32. The van der Waals surface area contributed by atoms with Crippen LogP contribution in [0.3, 0.4) is 0 Å². The van der Waals surface area contributed by atoms with E-state index in [2.05, 4.69) is 5.32 Å². The Hall–Kier alpha value is -0.570. The molecule has 1 unspecified atom stereocenters. The maximum Gasteiger partial charge on any atom is 0.220 e. The molecule has 3 heteroatoms. The average molecular weight is 239 g/mol. The summed E-state index contributed by atoms with van der Waals surface area (Å²) < 4.78 is 0. The normalized spacial score (nSPS) is 23.4. The Kier molecular flexibility index (Phi) is 4.84. The van der Waals surface area contributed by atoms with Crippen LogP contribution in [0.4, 0.5) is 0 Å². The summed E-state index contributed by atoms with van der Waals surface area (Å²) in [6.45, 7) is 0.453. The molecule has 3 nitrogen and oxygen atoms in total. The summed E-state index contributed by atoms with van der Waals surface area (Å²) in [6, 6.07) is 0. The van der Waals surface area contributed by atoms with Crippen molar-refractivity contribution >= 4 is 5.91 Å². The second-order valence-electron chi connectivity index (χ2n) is 5.75. The maximum atomic E-state index is 11.6. The Labute approximate surface area is 104 Å². The molecule has 1 amide bonds. The summed E-state index contributed by atoms with van der Waals surface area (Å²) in [5, 5.41) is 12.5. The van der Waals surface area contributed by atoms with Crippen LogP contribution in [0.25, 0.3) is 0 Å². The average Bonchev–Trinajstić information content (AvgIpc) is 3.19. The minimum atomic E-state index is -0.311. The predicted molar refractivity (Wildman–Crippen MR) is 67.5 cm³/mol. The van der Waals surface area contributed by atoms with Crippen LogP contribution < -0.4 is 5.32 Å². The van der Waals surface area contributed by atoms with E-state index in [1.54, 1.807) is 0 Å². The van der Waals surface area contributed by atoms with Crippen LogP contribution in [-0.4, -0.2) is 23.7 Å². The highest BCUT2D eigenvalue weighted by atomic mass is 16.3. The number of rotatable bonds is 6. The van der Waals surface area contributed by atoms with E-state index in [1.807, 2.05) is 0 Å². The van der Waals surface area contributed by atoms with Gasteiger partial charge in [-0.05, 0) is 31.1 Å². The van der Waals surface area contributed by atoms with E-state index in [0.717, 1.165) is 25.2 Å². The van der Waals surface area contributed by atoms with E-state index in [0.29, 0.717) is 18.9 Å². The van der Waals surface area contributed by atoms with Crippen LogP contribution in [0.2, 0.25) is 0 Å². The Bertz CT molecular complexity index is 245. The number of carbonyl (C=O) groups excluding carboxylic acids is 1. The first-order chi connectivity index (χ1) is 8.25. The van der Waals surface area contributed by atoms with Crippen LogP contribution in [0.15, 0.2) is 0 Å². The molecular weight excluding hydrogens is 214 g/mol. The SMILES string of the molecule is O=C(CCC1CCCCC1)NCC(O)C1CC1. The van der Waals surface area contributed by atoms with E-state index >= 15 is 0 Å². The lowest BCUT2D eigenvalue weighted by Crippen LogP contribution is -2.33. The Balaban J connectivity index is 1.53. The van der Waals surface area contributed by atoms with Gasteiger partial charge in [0, 0.05) is 13.0 Å². The second-order valence-corrected chi connectivity index (χ2v) is 5.75. The van der Waals surface area contributed by atoms with Gasteiger partial charge in [0.25, 0.3) is 0 Å². The molecule has 0 aromatic rings. The van der Waals surface area contributed by atoms with Gasteiger partial charge in [0.05, 0.1) is 6.10 Å². The molecule has 0 bridgehead atoms. The molecule has 0 saturated heterocycles. The summed E-state index contributed by atoms with van der Waals surface area (Å²) in [5.74, 6) is 1.34. The van der Waals surface area contributed by atoms with Crippen molar-refractivity contribution in [2.45, 2.75) is 63.9 Å². The molecule has 1 atom stereocenters. The number of nitrogens with one attached hydrogen (secondary N) is 1. The summed E-state index contributed by atoms with van der Waals surface area (Å²) in [7, 11) is 0. The summed E-state index contributed by atoms with van der Waals surface area (Å²) in [5.41, 5.74) is 0. The van der Waals surface area contributed by atoms with Gasteiger partial charge in [-0.25, -0.2) is 0 Å².